The highest BCUT2D eigenvalue weighted by atomic mass is 16.5. The molecule has 0 saturated heterocycles. The van der Waals surface area contributed by atoms with Crippen molar-refractivity contribution in [3.63, 3.8) is 0 Å². The Kier molecular flexibility index (Phi) is 4.14. The predicted octanol–water partition coefficient (Wildman–Crippen LogP) is 1.58. The second kappa shape index (κ2) is 5.83. The second-order valence-electron chi connectivity index (χ2n) is 4.28. The highest BCUT2D eigenvalue weighted by Gasteiger charge is 2.23. The van der Waals surface area contributed by atoms with Crippen LogP contribution < -0.4 is 15.2 Å². The number of aryl methyl sites for hydroxylation is 1. The van der Waals surface area contributed by atoms with Gasteiger partial charge in [0.15, 0.2) is 5.75 Å². The van der Waals surface area contributed by atoms with Crippen LogP contribution >= 0.6 is 0 Å². The first-order chi connectivity index (χ1) is 9.63. The highest BCUT2D eigenvalue weighted by molar-refractivity contribution is 5.60. The summed E-state index contributed by atoms with van der Waals surface area (Å²) < 4.78 is 12.1. The molecule has 0 aliphatic carbocycles. The molecule has 0 amide bonds. The van der Waals surface area contributed by atoms with Crippen LogP contribution in [-0.4, -0.2) is 29.1 Å². The number of benzene rings is 1. The van der Waals surface area contributed by atoms with E-state index in [1.165, 1.54) is 0 Å². The summed E-state index contributed by atoms with van der Waals surface area (Å²) in [4.78, 5) is 0. The molecule has 108 valence electrons. The van der Waals surface area contributed by atoms with Crippen LogP contribution in [0.5, 0.6) is 11.5 Å². The number of aliphatic hydroxyl groups is 1. The lowest BCUT2D eigenvalue weighted by Gasteiger charge is -2.17. The molecule has 1 aromatic carbocycles. The minimum absolute atomic E-state index is 0.411. The minimum Gasteiger partial charge on any atom is -0.495 e. The van der Waals surface area contributed by atoms with Gasteiger partial charge in [0.2, 0.25) is 0 Å². The van der Waals surface area contributed by atoms with E-state index in [1.54, 1.807) is 43.3 Å². The van der Waals surface area contributed by atoms with E-state index >= 15 is 0 Å². The van der Waals surface area contributed by atoms with Crippen LogP contribution in [0.2, 0.25) is 0 Å². The molecule has 2 rings (SSSR count). The van der Waals surface area contributed by atoms with Gasteiger partial charge in [-0.1, -0.05) is 12.1 Å². The normalized spacial score (nSPS) is 12.2. The van der Waals surface area contributed by atoms with Crippen molar-refractivity contribution in [3.8, 4) is 11.5 Å². The number of hydrogen-bond donors (Lipinski definition) is 2. The number of hydrogen-bond acceptors (Lipinski definition) is 5. The summed E-state index contributed by atoms with van der Waals surface area (Å²) >= 11 is 0. The molecule has 0 aliphatic rings. The molecule has 6 heteroatoms. The van der Waals surface area contributed by atoms with E-state index in [2.05, 4.69) is 5.10 Å². The molecule has 0 saturated carbocycles. The van der Waals surface area contributed by atoms with Gasteiger partial charge in [-0.2, -0.15) is 5.10 Å². The van der Waals surface area contributed by atoms with Gasteiger partial charge in [0.1, 0.15) is 17.5 Å². The fourth-order valence-corrected chi connectivity index (χ4v) is 2.19. The molecular weight excluding hydrogens is 258 g/mol. The number of aliphatic hydroxyl groups excluding tert-OH is 1. The first kappa shape index (κ1) is 14.2. The summed E-state index contributed by atoms with van der Waals surface area (Å²) in [6, 6.07) is 5.29. The first-order valence-electron chi connectivity index (χ1n) is 6.34. The molecule has 2 aromatic rings. The summed E-state index contributed by atoms with van der Waals surface area (Å²) in [5.41, 5.74) is 7.59. The predicted molar refractivity (Wildman–Crippen MR) is 75.9 cm³/mol. The Morgan fingerprint density at radius 2 is 2.00 bits per heavy atom. The van der Waals surface area contributed by atoms with E-state index < -0.39 is 6.10 Å². The fourth-order valence-electron chi connectivity index (χ4n) is 2.19. The maximum absolute atomic E-state index is 10.6. The molecular formula is C14H19N3O3. The zero-order chi connectivity index (χ0) is 14.7. The summed E-state index contributed by atoms with van der Waals surface area (Å²) in [6.07, 6.45) is 0.654. The van der Waals surface area contributed by atoms with Gasteiger partial charge in [-0.05, 0) is 13.0 Å². The van der Waals surface area contributed by atoms with Crippen molar-refractivity contribution in [1.29, 1.82) is 0 Å². The van der Waals surface area contributed by atoms with Crippen LogP contribution in [0.4, 0.5) is 5.69 Å². The van der Waals surface area contributed by atoms with Gasteiger partial charge in [-0.3, -0.25) is 4.68 Å². The van der Waals surface area contributed by atoms with Crippen molar-refractivity contribution in [2.75, 3.05) is 20.0 Å². The van der Waals surface area contributed by atoms with Gasteiger partial charge < -0.3 is 20.3 Å². The molecule has 0 fully saturated rings. The SMILES string of the molecule is CCn1ncc(OC)c1C(O)c1cccc(OC)c1N. The fraction of sp³-hybridized carbons (Fsp3) is 0.357. The van der Waals surface area contributed by atoms with Crippen molar-refractivity contribution in [3.05, 3.63) is 35.7 Å². The summed E-state index contributed by atoms with van der Waals surface area (Å²) in [5, 5.41) is 14.8. The topological polar surface area (TPSA) is 82.5 Å². The van der Waals surface area contributed by atoms with Crippen LogP contribution in [0.25, 0.3) is 0 Å². The standard InChI is InChI=1S/C14H19N3O3/c1-4-17-13(11(20-3)8-16-17)14(18)9-6-5-7-10(19-2)12(9)15/h5-8,14,18H,4,15H2,1-3H3. The lowest BCUT2D eigenvalue weighted by Crippen LogP contribution is -2.12. The summed E-state index contributed by atoms with van der Waals surface area (Å²) in [5.74, 6) is 1.06. The van der Waals surface area contributed by atoms with Gasteiger partial charge in [0.05, 0.1) is 26.1 Å². The van der Waals surface area contributed by atoms with Gasteiger partial charge >= 0.3 is 0 Å². The van der Waals surface area contributed by atoms with Gasteiger partial charge in [0, 0.05) is 12.1 Å². The summed E-state index contributed by atoms with van der Waals surface area (Å²) in [7, 11) is 3.08. The van der Waals surface area contributed by atoms with Crippen LogP contribution in [0.1, 0.15) is 24.3 Å². The van der Waals surface area contributed by atoms with Crippen molar-refractivity contribution in [2.24, 2.45) is 0 Å². The molecule has 0 radical (unpaired) electrons. The zero-order valence-corrected chi connectivity index (χ0v) is 11.8. The molecule has 0 aliphatic heterocycles. The van der Waals surface area contributed by atoms with Gasteiger partial charge in [-0.15, -0.1) is 0 Å². The Morgan fingerprint density at radius 1 is 1.30 bits per heavy atom. The Bertz CT molecular complexity index is 574. The molecule has 0 spiro atoms. The Hall–Kier alpha value is -2.21. The van der Waals surface area contributed by atoms with Crippen LogP contribution in [0.3, 0.4) is 0 Å². The molecule has 1 aromatic heterocycles. The number of nitrogens with zero attached hydrogens (tertiary/aromatic N) is 2. The monoisotopic (exact) mass is 277 g/mol. The first-order valence-corrected chi connectivity index (χ1v) is 6.34. The number of ether oxygens (including phenoxy) is 2. The third-order valence-corrected chi connectivity index (χ3v) is 3.24. The molecule has 1 atom stereocenters. The number of para-hydroxylation sites is 1. The average molecular weight is 277 g/mol. The molecule has 20 heavy (non-hydrogen) atoms. The average Bonchev–Trinajstić information content (AvgIpc) is 2.89. The zero-order valence-electron chi connectivity index (χ0n) is 11.8. The van der Waals surface area contributed by atoms with Crippen LogP contribution in [-0.2, 0) is 6.54 Å². The van der Waals surface area contributed by atoms with Crippen molar-refractivity contribution >= 4 is 5.69 Å². The Labute approximate surface area is 117 Å². The van der Waals surface area contributed by atoms with E-state index in [0.717, 1.165) is 0 Å². The van der Waals surface area contributed by atoms with Crippen LogP contribution in [0.15, 0.2) is 24.4 Å². The number of nitrogens with two attached hydrogens (primary N) is 1. The van der Waals surface area contributed by atoms with Crippen molar-refractivity contribution in [2.45, 2.75) is 19.6 Å². The quantitative estimate of drug-likeness (QED) is 0.811. The third-order valence-electron chi connectivity index (χ3n) is 3.24. The molecule has 1 heterocycles. The van der Waals surface area contributed by atoms with E-state index in [9.17, 15) is 5.11 Å². The van der Waals surface area contributed by atoms with Crippen molar-refractivity contribution in [1.82, 2.24) is 9.78 Å². The molecule has 0 bridgehead atoms. The Balaban J connectivity index is 2.51. The maximum Gasteiger partial charge on any atom is 0.163 e. The van der Waals surface area contributed by atoms with E-state index in [4.69, 9.17) is 15.2 Å². The second-order valence-corrected chi connectivity index (χ2v) is 4.28. The largest absolute Gasteiger partial charge is 0.495 e. The number of rotatable bonds is 5. The van der Waals surface area contributed by atoms with E-state index in [0.29, 0.717) is 35.0 Å². The lowest BCUT2D eigenvalue weighted by molar-refractivity contribution is 0.203. The number of nitrogen functional groups attached to an aromatic ring is 1. The van der Waals surface area contributed by atoms with Gasteiger partial charge in [-0.25, -0.2) is 0 Å². The summed E-state index contributed by atoms with van der Waals surface area (Å²) in [6.45, 7) is 2.57. The molecule has 3 N–H and O–H groups in total. The minimum atomic E-state index is -0.928. The number of methoxy groups -OCH3 is 2. The maximum atomic E-state index is 10.6. The molecule has 1 unspecified atom stereocenters. The Morgan fingerprint density at radius 3 is 2.60 bits per heavy atom. The smallest absolute Gasteiger partial charge is 0.163 e. The third kappa shape index (κ3) is 2.30. The highest BCUT2D eigenvalue weighted by Crippen LogP contribution is 2.36. The number of anilines is 1. The molecule has 6 nitrogen and oxygen atoms in total. The van der Waals surface area contributed by atoms with Crippen LogP contribution in [0, 0.1) is 0 Å². The van der Waals surface area contributed by atoms with E-state index in [-0.39, 0.29) is 0 Å². The van der Waals surface area contributed by atoms with E-state index in [1.807, 2.05) is 6.92 Å². The van der Waals surface area contributed by atoms with Crippen molar-refractivity contribution < 1.29 is 14.6 Å². The van der Waals surface area contributed by atoms with Gasteiger partial charge in [0.25, 0.3) is 0 Å². The number of aromatic nitrogens is 2. The lowest BCUT2D eigenvalue weighted by atomic mass is 10.0.